The quantitative estimate of drug-likeness (QED) is 0.178. The van der Waals surface area contributed by atoms with Crippen molar-refractivity contribution in [2.24, 2.45) is 0 Å². The molecule has 8 aromatic carbocycles. The molecule has 0 bridgehead atoms. The molecule has 1 nitrogen and oxygen atoms in total. The predicted molar refractivity (Wildman–Crippen MR) is 190 cm³/mol. The first-order valence-corrected chi connectivity index (χ1v) is 15.7. The minimum Gasteiger partial charge on any atom is -0.455 e. The highest BCUT2D eigenvalue weighted by Crippen LogP contribution is 2.47. The van der Waals surface area contributed by atoms with E-state index in [2.05, 4.69) is 168 Å². The summed E-state index contributed by atoms with van der Waals surface area (Å²) in [4.78, 5) is 0. The molecule has 0 saturated heterocycles. The summed E-state index contributed by atoms with van der Waals surface area (Å²) >= 11 is 3.94. The second-order valence-corrected chi connectivity index (χ2v) is 12.1. The minimum absolute atomic E-state index is 0.896. The van der Waals surface area contributed by atoms with Crippen molar-refractivity contribution < 1.29 is 4.42 Å². The van der Waals surface area contributed by atoms with E-state index in [4.69, 9.17) is 4.42 Å². The van der Waals surface area contributed by atoms with Crippen LogP contribution in [0.15, 0.2) is 161 Å². The number of furan rings is 1. The van der Waals surface area contributed by atoms with E-state index in [9.17, 15) is 0 Å². The van der Waals surface area contributed by atoms with Crippen LogP contribution in [0.3, 0.4) is 0 Å². The van der Waals surface area contributed by atoms with Crippen LogP contribution >= 0.6 is 15.9 Å². The van der Waals surface area contributed by atoms with E-state index in [-0.39, 0.29) is 0 Å². The van der Waals surface area contributed by atoms with E-state index in [1.807, 2.05) is 0 Å². The Morgan fingerprint density at radius 2 is 0.909 bits per heavy atom. The lowest BCUT2D eigenvalue weighted by atomic mass is 9.88. The molecule has 0 spiro atoms. The monoisotopic (exact) mass is 624 g/mol. The molecule has 9 rings (SSSR count). The number of benzene rings is 8. The first-order valence-electron chi connectivity index (χ1n) is 14.9. The van der Waals surface area contributed by atoms with E-state index in [0.29, 0.717) is 0 Å². The van der Waals surface area contributed by atoms with Crippen LogP contribution in [-0.4, -0.2) is 0 Å². The predicted octanol–water partition coefficient (Wildman–Crippen LogP) is 12.8. The van der Waals surface area contributed by atoms with Gasteiger partial charge >= 0.3 is 0 Å². The molecule has 0 aliphatic heterocycles. The van der Waals surface area contributed by atoms with Gasteiger partial charge in [0.1, 0.15) is 11.2 Å². The number of fused-ring (bicyclic) bond motifs is 7. The summed E-state index contributed by atoms with van der Waals surface area (Å²) in [6, 6.07) is 54.3. The molecule has 1 aromatic heterocycles. The van der Waals surface area contributed by atoms with Crippen LogP contribution in [0.4, 0.5) is 0 Å². The number of rotatable bonds is 3. The summed E-state index contributed by atoms with van der Waals surface area (Å²) < 4.78 is 7.89. The Morgan fingerprint density at radius 3 is 1.59 bits per heavy atom. The Hall–Kier alpha value is -5.18. The lowest BCUT2D eigenvalue weighted by Gasteiger charge is -2.16. The van der Waals surface area contributed by atoms with Crippen molar-refractivity contribution >= 4 is 70.2 Å². The molecule has 2 heteroatoms. The summed E-state index contributed by atoms with van der Waals surface area (Å²) in [5.74, 6) is 0. The fourth-order valence-corrected chi connectivity index (χ4v) is 7.63. The van der Waals surface area contributed by atoms with E-state index in [0.717, 1.165) is 37.4 Å². The first-order chi connectivity index (χ1) is 21.8. The molecule has 0 unspecified atom stereocenters. The van der Waals surface area contributed by atoms with Crippen LogP contribution in [0.25, 0.3) is 87.6 Å². The minimum atomic E-state index is 0.896. The van der Waals surface area contributed by atoms with E-state index in [1.54, 1.807) is 0 Å². The zero-order chi connectivity index (χ0) is 29.2. The average molecular weight is 626 g/mol. The molecule has 0 fully saturated rings. The third-order valence-electron chi connectivity index (χ3n) is 8.94. The summed E-state index contributed by atoms with van der Waals surface area (Å²) in [6.45, 7) is 0. The molecular weight excluding hydrogens is 600 g/mol. The van der Waals surface area contributed by atoms with Gasteiger partial charge in [-0.05, 0) is 94.4 Å². The highest BCUT2D eigenvalue weighted by atomic mass is 79.9. The zero-order valence-electron chi connectivity index (χ0n) is 23.7. The summed E-state index contributed by atoms with van der Waals surface area (Å²) in [5, 5.41) is 9.45. The third kappa shape index (κ3) is 3.78. The maximum Gasteiger partial charge on any atom is 0.143 e. The van der Waals surface area contributed by atoms with Gasteiger partial charge in [0.2, 0.25) is 0 Å². The van der Waals surface area contributed by atoms with Crippen molar-refractivity contribution in [3.05, 3.63) is 156 Å². The third-order valence-corrected chi connectivity index (χ3v) is 9.79. The van der Waals surface area contributed by atoms with Gasteiger partial charge in [0.15, 0.2) is 0 Å². The van der Waals surface area contributed by atoms with Gasteiger partial charge in [-0.3, -0.25) is 0 Å². The van der Waals surface area contributed by atoms with Gasteiger partial charge in [-0.1, -0.05) is 133 Å². The molecular formula is C42H25BrO. The molecule has 1 heterocycles. The SMILES string of the molecule is Brc1c2ccccc2c(-c2cc3c4ccc(-c5ccccc5-c5ccccc5)cc4oc3c3ccccc23)c2ccccc12. The molecule has 44 heavy (non-hydrogen) atoms. The molecule has 206 valence electrons. The van der Waals surface area contributed by atoms with Crippen molar-refractivity contribution in [3.8, 4) is 33.4 Å². The fraction of sp³-hybridized carbons (Fsp3) is 0. The normalized spacial score (nSPS) is 11.8. The Labute approximate surface area is 263 Å². The van der Waals surface area contributed by atoms with Gasteiger partial charge in [0.05, 0.1) is 0 Å². The maximum atomic E-state index is 6.75. The lowest BCUT2D eigenvalue weighted by molar-refractivity contribution is 0.673. The van der Waals surface area contributed by atoms with Crippen molar-refractivity contribution in [1.82, 2.24) is 0 Å². The largest absolute Gasteiger partial charge is 0.455 e. The van der Waals surface area contributed by atoms with Crippen LogP contribution in [0.2, 0.25) is 0 Å². The van der Waals surface area contributed by atoms with Crippen molar-refractivity contribution in [1.29, 1.82) is 0 Å². The molecule has 0 radical (unpaired) electrons. The van der Waals surface area contributed by atoms with Crippen molar-refractivity contribution in [3.63, 3.8) is 0 Å². The van der Waals surface area contributed by atoms with Gasteiger partial charge in [-0.25, -0.2) is 0 Å². The summed E-state index contributed by atoms with van der Waals surface area (Å²) in [5.41, 5.74) is 9.05. The van der Waals surface area contributed by atoms with Crippen LogP contribution in [-0.2, 0) is 0 Å². The standard InChI is InChI=1S/C42H25BrO/c43-41-34-19-9-7-17-32(34)40(33-18-8-10-20-35(33)41)37-25-38-31-23-22-27(24-39(31)44-42(38)36-21-11-6-16-30(36)37)29-15-5-4-14-28(29)26-12-2-1-3-13-26/h1-25H. The average Bonchev–Trinajstić information content (AvgIpc) is 3.47. The van der Waals surface area contributed by atoms with E-state index >= 15 is 0 Å². The summed E-state index contributed by atoms with van der Waals surface area (Å²) in [6.07, 6.45) is 0. The Balaban J connectivity index is 1.34. The lowest BCUT2D eigenvalue weighted by Crippen LogP contribution is -1.89. The first kappa shape index (κ1) is 25.3. The Morgan fingerprint density at radius 1 is 0.364 bits per heavy atom. The van der Waals surface area contributed by atoms with Crippen LogP contribution in [0, 0.1) is 0 Å². The van der Waals surface area contributed by atoms with Gasteiger partial charge in [0, 0.05) is 20.6 Å². The molecule has 0 aliphatic rings. The highest BCUT2D eigenvalue weighted by Gasteiger charge is 2.20. The molecule has 0 N–H and O–H groups in total. The summed E-state index contributed by atoms with van der Waals surface area (Å²) in [7, 11) is 0. The van der Waals surface area contributed by atoms with Crippen molar-refractivity contribution in [2.75, 3.05) is 0 Å². The molecule has 0 saturated carbocycles. The van der Waals surface area contributed by atoms with Crippen LogP contribution in [0.5, 0.6) is 0 Å². The molecule has 0 atom stereocenters. The van der Waals surface area contributed by atoms with E-state index < -0.39 is 0 Å². The van der Waals surface area contributed by atoms with Gasteiger partial charge < -0.3 is 4.42 Å². The maximum absolute atomic E-state index is 6.75. The fourth-order valence-electron chi connectivity index (χ4n) is 6.94. The van der Waals surface area contributed by atoms with Crippen molar-refractivity contribution in [2.45, 2.75) is 0 Å². The highest BCUT2D eigenvalue weighted by molar-refractivity contribution is 9.10. The second-order valence-electron chi connectivity index (χ2n) is 11.4. The second kappa shape index (κ2) is 9.94. The van der Waals surface area contributed by atoms with Gasteiger partial charge in [-0.15, -0.1) is 0 Å². The van der Waals surface area contributed by atoms with Gasteiger partial charge in [-0.2, -0.15) is 0 Å². The molecule has 0 aliphatic carbocycles. The van der Waals surface area contributed by atoms with Crippen LogP contribution < -0.4 is 0 Å². The van der Waals surface area contributed by atoms with Gasteiger partial charge in [0.25, 0.3) is 0 Å². The van der Waals surface area contributed by atoms with E-state index in [1.165, 1.54) is 54.7 Å². The number of hydrogen-bond donors (Lipinski definition) is 0. The number of hydrogen-bond acceptors (Lipinski definition) is 1. The van der Waals surface area contributed by atoms with Crippen LogP contribution in [0.1, 0.15) is 0 Å². The number of halogens is 1. The topological polar surface area (TPSA) is 13.1 Å². The molecule has 0 amide bonds. The zero-order valence-corrected chi connectivity index (χ0v) is 25.3. The smallest absolute Gasteiger partial charge is 0.143 e. The Bertz CT molecular complexity index is 2500. The molecule has 9 aromatic rings. The Kier molecular flexibility index (Phi) is 5.72.